The Morgan fingerprint density at radius 2 is 1.74 bits per heavy atom. The number of hydrogen-bond acceptors (Lipinski definition) is 3. The molecule has 1 heterocycles. The monoisotopic (exact) mass is 500 g/mol. The van der Waals surface area contributed by atoms with Crippen LogP contribution in [0.3, 0.4) is 0 Å². The molecule has 10 heteroatoms. The first-order valence-electron chi connectivity index (χ1n) is 10.7. The summed E-state index contributed by atoms with van der Waals surface area (Å²) in [6.45, 7) is 5.77. The van der Waals surface area contributed by atoms with Crippen molar-refractivity contribution in [2.75, 3.05) is 13.1 Å². The summed E-state index contributed by atoms with van der Waals surface area (Å²) >= 11 is 5.99. The average molecular weight is 501 g/mol. The van der Waals surface area contributed by atoms with Crippen molar-refractivity contribution in [2.45, 2.75) is 50.9 Å². The molecule has 1 N–H and O–H groups in total. The summed E-state index contributed by atoms with van der Waals surface area (Å²) in [6.07, 6.45) is -5.08. The van der Waals surface area contributed by atoms with E-state index in [1.54, 1.807) is 45.0 Å². The van der Waals surface area contributed by atoms with Crippen LogP contribution in [0.2, 0.25) is 5.02 Å². The molecule has 34 heavy (non-hydrogen) atoms. The predicted octanol–water partition coefficient (Wildman–Crippen LogP) is 6.02. The number of piperidine rings is 1. The molecule has 1 saturated heterocycles. The fourth-order valence-electron chi connectivity index (χ4n) is 3.80. The van der Waals surface area contributed by atoms with Crippen molar-refractivity contribution in [3.05, 3.63) is 70.0 Å². The number of benzene rings is 2. The number of carbonyl (C=O) groups excluding carboxylic acids is 2. The van der Waals surface area contributed by atoms with Crippen LogP contribution >= 0.6 is 11.6 Å². The van der Waals surface area contributed by atoms with Gasteiger partial charge in [0.1, 0.15) is 11.4 Å². The molecule has 3 rings (SSSR count). The second-order valence-electron chi connectivity index (χ2n) is 9.15. The highest BCUT2D eigenvalue weighted by Gasteiger charge is 2.37. The Labute approximate surface area is 200 Å². The smallest absolute Gasteiger partial charge is 0.419 e. The maximum Gasteiger partial charge on any atom is 0.419 e. The number of halogens is 5. The number of ether oxygens (including phenoxy) is 1. The number of likely N-dealkylation sites (tertiary alicyclic amines) is 1. The van der Waals surface area contributed by atoms with Crippen LogP contribution < -0.4 is 5.32 Å². The second-order valence-corrected chi connectivity index (χ2v) is 9.58. The van der Waals surface area contributed by atoms with E-state index in [1.807, 2.05) is 0 Å². The molecule has 0 bridgehead atoms. The second kappa shape index (κ2) is 9.82. The standard InChI is InChI=1S/C24H25ClF4N2O3/c1-23(2,3)34-22(33)31-11-10-20(17(13-31)14-4-7-16(25)8-5-14)30-21(32)15-6-9-19(26)18(12-15)24(27,28)29/h4-9,12,17,20H,10-11,13H2,1-3H3,(H,30,32)/t17-,20+/m0/s1. The van der Waals surface area contributed by atoms with E-state index in [0.717, 1.165) is 11.6 Å². The summed E-state index contributed by atoms with van der Waals surface area (Å²) < 4.78 is 58.3. The van der Waals surface area contributed by atoms with E-state index in [4.69, 9.17) is 16.3 Å². The highest BCUT2D eigenvalue weighted by Crippen LogP contribution is 2.33. The van der Waals surface area contributed by atoms with E-state index in [1.165, 1.54) is 4.90 Å². The molecule has 0 aromatic heterocycles. The number of amides is 2. The zero-order chi connectivity index (χ0) is 25.3. The van der Waals surface area contributed by atoms with Gasteiger partial charge in [-0.05, 0) is 63.1 Å². The molecule has 184 valence electrons. The fraction of sp³-hybridized carbons (Fsp3) is 0.417. The maximum absolute atomic E-state index is 13.6. The van der Waals surface area contributed by atoms with Gasteiger partial charge in [0.05, 0.1) is 5.56 Å². The van der Waals surface area contributed by atoms with Gasteiger partial charge in [-0.2, -0.15) is 13.2 Å². The Bertz CT molecular complexity index is 1050. The van der Waals surface area contributed by atoms with Gasteiger partial charge in [-0.15, -0.1) is 0 Å². The topological polar surface area (TPSA) is 58.6 Å². The third-order valence-corrected chi connectivity index (χ3v) is 5.67. The van der Waals surface area contributed by atoms with Crippen LogP contribution in [0.15, 0.2) is 42.5 Å². The van der Waals surface area contributed by atoms with E-state index < -0.39 is 41.2 Å². The number of carbonyl (C=O) groups is 2. The molecule has 0 spiro atoms. The number of alkyl halides is 3. The quantitative estimate of drug-likeness (QED) is 0.524. The Morgan fingerprint density at radius 3 is 2.32 bits per heavy atom. The zero-order valence-electron chi connectivity index (χ0n) is 18.9. The maximum atomic E-state index is 13.6. The van der Waals surface area contributed by atoms with Crippen LogP contribution in [0.4, 0.5) is 22.4 Å². The lowest BCUT2D eigenvalue weighted by Gasteiger charge is -2.39. The van der Waals surface area contributed by atoms with Crippen LogP contribution in [0, 0.1) is 5.82 Å². The van der Waals surface area contributed by atoms with Crippen LogP contribution in [-0.4, -0.2) is 41.6 Å². The Hall–Kier alpha value is -2.81. The number of nitrogens with zero attached hydrogens (tertiary/aromatic N) is 1. The first-order chi connectivity index (χ1) is 15.7. The van der Waals surface area contributed by atoms with E-state index in [0.29, 0.717) is 23.6 Å². The SMILES string of the molecule is CC(C)(C)OC(=O)N1CC[C@@H](NC(=O)c2ccc(F)c(C(F)(F)F)c2)[C@H](c2ccc(Cl)cc2)C1. The molecule has 0 unspecified atom stereocenters. The van der Waals surface area contributed by atoms with E-state index in [-0.39, 0.29) is 24.6 Å². The lowest BCUT2D eigenvalue weighted by Crippen LogP contribution is -2.52. The van der Waals surface area contributed by atoms with Crippen LogP contribution in [0.5, 0.6) is 0 Å². The van der Waals surface area contributed by atoms with Crippen molar-refractivity contribution in [1.82, 2.24) is 10.2 Å². The van der Waals surface area contributed by atoms with Gasteiger partial charge >= 0.3 is 12.3 Å². The molecule has 0 saturated carbocycles. The zero-order valence-corrected chi connectivity index (χ0v) is 19.6. The first kappa shape index (κ1) is 25.8. The highest BCUT2D eigenvalue weighted by molar-refractivity contribution is 6.30. The van der Waals surface area contributed by atoms with Crippen LogP contribution in [0.1, 0.15) is 54.6 Å². The molecule has 2 amide bonds. The van der Waals surface area contributed by atoms with Gasteiger partial charge in [0.25, 0.3) is 5.91 Å². The Kier molecular flexibility index (Phi) is 7.45. The van der Waals surface area contributed by atoms with Crippen molar-refractivity contribution < 1.29 is 31.9 Å². The van der Waals surface area contributed by atoms with Crippen molar-refractivity contribution in [3.63, 3.8) is 0 Å². The van der Waals surface area contributed by atoms with Gasteiger partial charge in [0, 0.05) is 35.6 Å². The van der Waals surface area contributed by atoms with E-state index >= 15 is 0 Å². The molecule has 0 radical (unpaired) electrons. The fourth-order valence-corrected chi connectivity index (χ4v) is 3.93. The summed E-state index contributed by atoms with van der Waals surface area (Å²) in [5.74, 6) is -2.58. The third kappa shape index (κ3) is 6.40. The van der Waals surface area contributed by atoms with Gasteiger partial charge in [0.15, 0.2) is 0 Å². The predicted molar refractivity (Wildman–Crippen MR) is 119 cm³/mol. The minimum absolute atomic E-state index is 0.221. The van der Waals surface area contributed by atoms with Crippen molar-refractivity contribution >= 4 is 23.6 Å². The van der Waals surface area contributed by atoms with Crippen LogP contribution in [0.25, 0.3) is 0 Å². The van der Waals surface area contributed by atoms with Crippen molar-refractivity contribution in [3.8, 4) is 0 Å². The average Bonchev–Trinajstić information content (AvgIpc) is 2.73. The van der Waals surface area contributed by atoms with Gasteiger partial charge in [-0.1, -0.05) is 23.7 Å². The molecule has 5 nitrogen and oxygen atoms in total. The Balaban J connectivity index is 1.84. The van der Waals surface area contributed by atoms with Crippen molar-refractivity contribution in [2.24, 2.45) is 0 Å². The summed E-state index contributed by atoms with van der Waals surface area (Å²) in [4.78, 5) is 27.0. The number of rotatable bonds is 3. The molecule has 1 aliphatic heterocycles. The molecule has 2 atom stereocenters. The molecule has 2 aromatic rings. The normalized spacial score (nSPS) is 19.0. The first-order valence-corrected chi connectivity index (χ1v) is 11.0. The molecular formula is C24H25ClF4N2O3. The molecule has 1 aliphatic rings. The summed E-state index contributed by atoms with van der Waals surface area (Å²) in [6, 6.07) is 8.53. The molecular weight excluding hydrogens is 476 g/mol. The largest absolute Gasteiger partial charge is 0.444 e. The van der Waals surface area contributed by atoms with Gasteiger partial charge in [-0.25, -0.2) is 9.18 Å². The van der Waals surface area contributed by atoms with Gasteiger partial charge in [0.2, 0.25) is 0 Å². The molecule has 0 aliphatic carbocycles. The lowest BCUT2D eigenvalue weighted by atomic mass is 9.86. The third-order valence-electron chi connectivity index (χ3n) is 5.41. The minimum Gasteiger partial charge on any atom is -0.444 e. The van der Waals surface area contributed by atoms with Crippen LogP contribution in [-0.2, 0) is 10.9 Å². The van der Waals surface area contributed by atoms with Crippen molar-refractivity contribution in [1.29, 1.82) is 0 Å². The minimum atomic E-state index is -4.93. The van der Waals surface area contributed by atoms with Gasteiger partial charge in [-0.3, -0.25) is 4.79 Å². The highest BCUT2D eigenvalue weighted by atomic mass is 35.5. The van der Waals surface area contributed by atoms with Gasteiger partial charge < -0.3 is 15.0 Å². The summed E-state index contributed by atoms with van der Waals surface area (Å²) in [5.41, 5.74) is -1.71. The Morgan fingerprint density at radius 1 is 1.09 bits per heavy atom. The summed E-state index contributed by atoms with van der Waals surface area (Å²) in [5, 5.41) is 3.27. The number of nitrogens with one attached hydrogen (secondary N) is 1. The molecule has 2 aromatic carbocycles. The number of hydrogen-bond donors (Lipinski definition) is 1. The van der Waals surface area contributed by atoms with E-state index in [9.17, 15) is 27.2 Å². The van der Waals surface area contributed by atoms with E-state index in [2.05, 4.69) is 5.32 Å². The lowest BCUT2D eigenvalue weighted by molar-refractivity contribution is -0.140. The summed E-state index contributed by atoms with van der Waals surface area (Å²) in [7, 11) is 0. The molecule has 1 fully saturated rings.